The van der Waals surface area contributed by atoms with Crippen molar-refractivity contribution in [2.24, 2.45) is 0 Å². The number of hydrogen-bond acceptors (Lipinski definition) is 4. The molecule has 0 atom stereocenters. The first kappa shape index (κ1) is 29.1. The van der Waals surface area contributed by atoms with Gasteiger partial charge in [-0.05, 0) is 59.0 Å². The molecule has 11 rings (SSSR count). The van der Waals surface area contributed by atoms with Crippen molar-refractivity contribution in [2.75, 3.05) is 0 Å². The minimum absolute atomic E-state index is 0.666. The number of pyridine rings is 1. The molecule has 0 aliphatic heterocycles. The topological polar surface area (TPSA) is 43.6 Å². The molecule has 0 bridgehead atoms. The molecule has 0 fully saturated rings. The van der Waals surface area contributed by atoms with Crippen LogP contribution in [-0.4, -0.2) is 19.5 Å². The third-order valence-electron chi connectivity index (χ3n) is 10.2. The van der Waals surface area contributed by atoms with Crippen LogP contribution in [0.5, 0.6) is 0 Å². The molecular formula is C47H28N4S. The van der Waals surface area contributed by atoms with Gasteiger partial charge in [0.25, 0.3) is 0 Å². The van der Waals surface area contributed by atoms with Crippen molar-refractivity contribution < 1.29 is 0 Å². The SMILES string of the molecule is c1ccc(-c2cccc(-c3nc(-c4cccc(-n5c6ccccc6c6c7ccccc7c7sc8ccccc8c7c65)c4)nc4cccnc34)c2)cc1. The van der Waals surface area contributed by atoms with Gasteiger partial charge in [-0.25, -0.2) is 9.97 Å². The maximum Gasteiger partial charge on any atom is 0.160 e. The van der Waals surface area contributed by atoms with E-state index in [0.29, 0.717) is 5.82 Å². The number of hydrogen-bond donors (Lipinski definition) is 0. The van der Waals surface area contributed by atoms with Crippen LogP contribution < -0.4 is 0 Å². The van der Waals surface area contributed by atoms with E-state index in [9.17, 15) is 0 Å². The van der Waals surface area contributed by atoms with Gasteiger partial charge in [-0.2, -0.15) is 0 Å². The molecule has 0 saturated heterocycles. The van der Waals surface area contributed by atoms with Crippen LogP contribution in [0.2, 0.25) is 0 Å². The van der Waals surface area contributed by atoms with Crippen LogP contribution in [0.3, 0.4) is 0 Å². The number of rotatable bonds is 4. The molecule has 52 heavy (non-hydrogen) atoms. The molecule has 4 nitrogen and oxygen atoms in total. The van der Waals surface area contributed by atoms with E-state index in [1.165, 1.54) is 52.8 Å². The Morgan fingerprint density at radius 1 is 0.481 bits per heavy atom. The van der Waals surface area contributed by atoms with Gasteiger partial charge >= 0.3 is 0 Å². The Bertz CT molecular complexity index is 3190. The van der Waals surface area contributed by atoms with Crippen LogP contribution in [0.4, 0.5) is 0 Å². The highest BCUT2D eigenvalue weighted by molar-refractivity contribution is 7.27. The first-order valence-corrected chi connectivity index (χ1v) is 18.3. The molecule has 7 aromatic carbocycles. The molecule has 4 aromatic heterocycles. The lowest BCUT2D eigenvalue weighted by atomic mass is 10.00. The summed E-state index contributed by atoms with van der Waals surface area (Å²) in [4.78, 5) is 15.1. The van der Waals surface area contributed by atoms with Crippen LogP contribution in [-0.2, 0) is 0 Å². The summed E-state index contributed by atoms with van der Waals surface area (Å²) >= 11 is 1.88. The Kier molecular flexibility index (Phi) is 6.39. The van der Waals surface area contributed by atoms with E-state index in [1.807, 2.05) is 35.7 Å². The van der Waals surface area contributed by atoms with Gasteiger partial charge in [0.1, 0.15) is 11.2 Å². The molecule has 11 aromatic rings. The fourth-order valence-corrected chi connectivity index (χ4v) is 9.19. The van der Waals surface area contributed by atoms with E-state index in [1.54, 1.807) is 0 Å². The monoisotopic (exact) mass is 680 g/mol. The molecule has 0 aliphatic rings. The zero-order valence-corrected chi connectivity index (χ0v) is 28.7. The molecular weight excluding hydrogens is 653 g/mol. The lowest BCUT2D eigenvalue weighted by Crippen LogP contribution is -1.99. The highest BCUT2D eigenvalue weighted by Crippen LogP contribution is 2.48. The van der Waals surface area contributed by atoms with E-state index < -0.39 is 0 Å². The van der Waals surface area contributed by atoms with Gasteiger partial charge in [0, 0.05) is 59.3 Å². The average molecular weight is 681 g/mol. The van der Waals surface area contributed by atoms with E-state index in [0.717, 1.165) is 44.7 Å². The smallest absolute Gasteiger partial charge is 0.160 e. The Labute approximate surface area is 302 Å². The Hall–Kier alpha value is -6.69. The van der Waals surface area contributed by atoms with Crippen molar-refractivity contribution in [3.05, 3.63) is 170 Å². The van der Waals surface area contributed by atoms with Crippen molar-refractivity contribution in [1.82, 2.24) is 19.5 Å². The van der Waals surface area contributed by atoms with Gasteiger partial charge in [0.15, 0.2) is 5.82 Å². The van der Waals surface area contributed by atoms with Crippen LogP contribution in [0.25, 0.3) is 103 Å². The van der Waals surface area contributed by atoms with E-state index in [4.69, 9.17) is 15.0 Å². The predicted molar refractivity (Wildman–Crippen MR) is 218 cm³/mol. The lowest BCUT2D eigenvalue weighted by Gasteiger charge is -2.13. The Morgan fingerprint density at radius 2 is 1.19 bits per heavy atom. The molecule has 0 N–H and O–H groups in total. The minimum atomic E-state index is 0.666. The maximum atomic E-state index is 5.27. The third kappa shape index (κ3) is 4.36. The molecule has 0 saturated carbocycles. The number of nitrogens with zero attached hydrogens (tertiary/aromatic N) is 4. The molecule has 0 unspecified atom stereocenters. The third-order valence-corrected chi connectivity index (χ3v) is 11.4. The highest BCUT2D eigenvalue weighted by atomic mass is 32.1. The summed E-state index contributed by atoms with van der Waals surface area (Å²) in [6, 6.07) is 58.1. The van der Waals surface area contributed by atoms with Crippen molar-refractivity contribution in [1.29, 1.82) is 0 Å². The number of para-hydroxylation sites is 1. The van der Waals surface area contributed by atoms with Crippen molar-refractivity contribution in [3.63, 3.8) is 0 Å². The van der Waals surface area contributed by atoms with Crippen molar-refractivity contribution >= 4 is 75.1 Å². The molecule has 242 valence electrons. The fourth-order valence-electron chi connectivity index (χ4n) is 7.95. The standard InChI is InChI=1S/C47H28N4S/c1-2-13-29(14-3-1)30-15-10-16-31(27-30)43-44-38(23-12-26-48-44)49-47(50-43)32-17-11-18-33(28-32)51-39-24-8-6-21-36(39)41-34-19-4-5-20-35(34)46-42(45(41)51)37-22-7-9-25-40(37)52-46/h1-28H. The molecule has 0 radical (unpaired) electrons. The summed E-state index contributed by atoms with van der Waals surface area (Å²) in [5, 5.41) is 7.67. The first-order valence-electron chi connectivity index (χ1n) is 17.4. The van der Waals surface area contributed by atoms with E-state index in [-0.39, 0.29) is 0 Å². The largest absolute Gasteiger partial charge is 0.309 e. The van der Waals surface area contributed by atoms with Crippen molar-refractivity contribution in [2.45, 2.75) is 0 Å². The molecule has 0 amide bonds. The van der Waals surface area contributed by atoms with Gasteiger partial charge in [0.05, 0.1) is 16.6 Å². The summed E-state index contributed by atoms with van der Waals surface area (Å²) in [7, 11) is 0. The summed E-state index contributed by atoms with van der Waals surface area (Å²) in [5.74, 6) is 0.666. The number of fused-ring (bicyclic) bond motifs is 11. The van der Waals surface area contributed by atoms with Crippen molar-refractivity contribution in [3.8, 4) is 39.5 Å². The number of thiophene rings is 1. The lowest BCUT2D eigenvalue weighted by molar-refractivity contribution is 1.17. The van der Waals surface area contributed by atoms with Gasteiger partial charge in [0.2, 0.25) is 0 Å². The summed E-state index contributed by atoms with van der Waals surface area (Å²) < 4.78 is 5.06. The zero-order chi connectivity index (χ0) is 34.2. The first-order chi connectivity index (χ1) is 25.8. The van der Waals surface area contributed by atoms with Gasteiger partial charge < -0.3 is 4.57 Å². The summed E-state index contributed by atoms with van der Waals surface area (Å²) in [6.45, 7) is 0. The molecule has 5 heteroatoms. The second kappa shape index (κ2) is 11.4. The zero-order valence-electron chi connectivity index (χ0n) is 27.9. The van der Waals surface area contributed by atoms with Crippen LogP contribution >= 0.6 is 11.3 Å². The Balaban J connectivity index is 1.18. The Morgan fingerprint density at radius 3 is 2.10 bits per heavy atom. The second-order valence-electron chi connectivity index (χ2n) is 13.2. The molecule has 4 heterocycles. The van der Waals surface area contributed by atoms with E-state index >= 15 is 0 Å². The van der Waals surface area contributed by atoms with Crippen LogP contribution in [0, 0.1) is 0 Å². The predicted octanol–water partition coefficient (Wildman–Crippen LogP) is 12.6. The fraction of sp³-hybridized carbons (Fsp3) is 0. The van der Waals surface area contributed by atoms with Gasteiger partial charge in [-0.3, -0.25) is 4.98 Å². The average Bonchev–Trinajstić information content (AvgIpc) is 3.78. The van der Waals surface area contributed by atoms with E-state index in [2.05, 4.69) is 150 Å². The van der Waals surface area contributed by atoms with Crippen LogP contribution in [0.1, 0.15) is 0 Å². The van der Waals surface area contributed by atoms with Gasteiger partial charge in [-0.15, -0.1) is 11.3 Å². The summed E-state index contributed by atoms with van der Waals surface area (Å²) in [6.07, 6.45) is 1.82. The highest BCUT2D eigenvalue weighted by Gasteiger charge is 2.22. The number of benzene rings is 7. The quantitative estimate of drug-likeness (QED) is 0.186. The maximum absolute atomic E-state index is 5.27. The molecule has 0 spiro atoms. The normalized spacial score (nSPS) is 11.8. The molecule has 0 aliphatic carbocycles. The van der Waals surface area contributed by atoms with Crippen LogP contribution in [0.15, 0.2) is 170 Å². The minimum Gasteiger partial charge on any atom is -0.309 e. The second-order valence-corrected chi connectivity index (χ2v) is 14.2. The van der Waals surface area contributed by atoms with Gasteiger partial charge in [-0.1, -0.05) is 121 Å². The summed E-state index contributed by atoms with van der Waals surface area (Å²) in [5.41, 5.74) is 10.1. The number of aromatic nitrogens is 4.